The molecule has 0 saturated carbocycles. The number of anilines is 1. The summed E-state index contributed by atoms with van der Waals surface area (Å²) in [4.78, 5) is 24.3. The third-order valence-corrected chi connectivity index (χ3v) is 4.79. The Kier molecular flexibility index (Phi) is 6.67. The second-order valence-corrected chi connectivity index (χ2v) is 7.34. The zero-order chi connectivity index (χ0) is 21.7. The van der Waals surface area contributed by atoms with E-state index in [0.717, 1.165) is 22.4 Å². The molecule has 156 valence electrons. The molecule has 2 amide bonds. The first kappa shape index (κ1) is 21.3. The van der Waals surface area contributed by atoms with Crippen molar-refractivity contribution in [3.63, 3.8) is 0 Å². The van der Waals surface area contributed by atoms with Crippen LogP contribution in [0, 0.1) is 26.6 Å². The highest BCUT2D eigenvalue weighted by atomic mass is 19.1. The summed E-state index contributed by atoms with van der Waals surface area (Å²) in [7, 11) is 0. The molecule has 1 aromatic heterocycles. The van der Waals surface area contributed by atoms with E-state index in [2.05, 4.69) is 10.6 Å². The Morgan fingerprint density at radius 2 is 1.67 bits per heavy atom. The Morgan fingerprint density at radius 3 is 2.37 bits per heavy atom. The van der Waals surface area contributed by atoms with Crippen LogP contribution in [0.4, 0.5) is 10.1 Å². The van der Waals surface area contributed by atoms with Gasteiger partial charge in [-0.2, -0.15) is 0 Å². The molecule has 1 heterocycles. The second kappa shape index (κ2) is 9.39. The quantitative estimate of drug-likeness (QED) is 0.595. The maximum atomic E-state index is 13.8. The minimum absolute atomic E-state index is 0.107. The van der Waals surface area contributed by atoms with Crippen LogP contribution in [0.25, 0.3) is 11.3 Å². The largest absolute Gasteiger partial charge is 0.461 e. The van der Waals surface area contributed by atoms with Gasteiger partial charge in [0.1, 0.15) is 17.3 Å². The summed E-state index contributed by atoms with van der Waals surface area (Å²) in [6.07, 6.45) is 0.526. The molecule has 0 radical (unpaired) electrons. The van der Waals surface area contributed by atoms with Crippen molar-refractivity contribution in [1.29, 1.82) is 0 Å². The molecule has 0 aliphatic rings. The number of hydrogen-bond donors (Lipinski definition) is 2. The van der Waals surface area contributed by atoms with Crippen LogP contribution in [0.15, 0.2) is 52.9 Å². The predicted molar refractivity (Wildman–Crippen MR) is 115 cm³/mol. The van der Waals surface area contributed by atoms with Crippen molar-refractivity contribution in [2.45, 2.75) is 33.6 Å². The molecule has 0 aliphatic carbocycles. The zero-order valence-electron chi connectivity index (χ0n) is 17.3. The van der Waals surface area contributed by atoms with Gasteiger partial charge in [0.05, 0.1) is 12.1 Å². The molecule has 2 N–H and O–H groups in total. The fourth-order valence-electron chi connectivity index (χ4n) is 3.38. The maximum absolute atomic E-state index is 13.8. The molecule has 0 atom stereocenters. The lowest BCUT2D eigenvalue weighted by Gasteiger charge is -2.13. The molecule has 0 bridgehead atoms. The number of furan rings is 1. The highest BCUT2D eigenvalue weighted by Gasteiger charge is 2.12. The Morgan fingerprint density at radius 1 is 0.967 bits per heavy atom. The number of carbonyl (C=O) groups is 2. The van der Waals surface area contributed by atoms with E-state index in [1.165, 1.54) is 6.07 Å². The van der Waals surface area contributed by atoms with E-state index in [1.807, 2.05) is 32.9 Å². The first-order valence-electron chi connectivity index (χ1n) is 9.81. The molecular weight excluding hydrogens is 383 g/mol. The lowest BCUT2D eigenvalue weighted by molar-refractivity contribution is -0.124. The van der Waals surface area contributed by atoms with E-state index in [1.54, 1.807) is 30.3 Å². The van der Waals surface area contributed by atoms with Gasteiger partial charge < -0.3 is 15.1 Å². The number of hydrogen-bond acceptors (Lipinski definition) is 3. The van der Waals surface area contributed by atoms with Crippen molar-refractivity contribution in [2.75, 3.05) is 11.9 Å². The lowest BCUT2D eigenvalue weighted by atomic mass is 10.1. The summed E-state index contributed by atoms with van der Waals surface area (Å²) < 4.78 is 19.5. The summed E-state index contributed by atoms with van der Waals surface area (Å²) in [5, 5.41) is 5.47. The van der Waals surface area contributed by atoms with Gasteiger partial charge in [-0.05, 0) is 56.2 Å². The highest BCUT2D eigenvalue weighted by Crippen LogP contribution is 2.25. The van der Waals surface area contributed by atoms with Gasteiger partial charge in [0, 0.05) is 18.5 Å². The number of carbonyl (C=O) groups excluding carboxylic acids is 2. The molecule has 3 aromatic rings. The number of halogens is 1. The molecule has 0 fully saturated rings. The number of amides is 2. The maximum Gasteiger partial charge on any atom is 0.243 e. The lowest BCUT2D eigenvalue weighted by Crippen LogP contribution is -2.33. The third-order valence-electron chi connectivity index (χ3n) is 4.79. The van der Waals surface area contributed by atoms with E-state index >= 15 is 0 Å². The van der Waals surface area contributed by atoms with Gasteiger partial charge in [-0.3, -0.25) is 9.59 Å². The average molecular weight is 408 g/mol. The summed E-state index contributed by atoms with van der Waals surface area (Å²) in [6, 6.07) is 13.8. The molecular formula is C24H25FN2O3. The van der Waals surface area contributed by atoms with E-state index < -0.39 is 0 Å². The summed E-state index contributed by atoms with van der Waals surface area (Å²) in [5.41, 5.74) is 4.25. The Labute approximate surface area is 175 Å². The van der Waals surface area contributed by atoms with Gasteiger partial charge in [0.15, 0.2) is 0 Å². The topological polar surface area (TPSA) is 71.3 Å². The minimum atomic E-state index is -0.360. The van der Waals surface area contributed by atoms with E-state index in [9.17, 15) is 14.0 Å². The number of benzene rings is 2. The van der Waals surface area contributed by atoms with Gasteiger partial charge in [0.25, 0.3) is 0 Å². The van der Waals surface area contributed by atoms with Crippen molar-refractivity contribution in [2.24, 2.45) is 0 Å². The standard InChI is InChI=1S/C24H25FN2O3/c1-15-12-16(2)24(17(3)13-15)27-23(29)14-26-22(28)11-9-18-8-10-21(30-18)19-6-4-5-7-20(19)25/h4-8,10,12-13H,9,11,14H2,1-3H3,(H,26,28)(H,27,29). The minimum Gasteiger partial charge on any atom is -0.461 e. The van der Waals surface area contributed by atoms with Gasteiger partial charge >= 0.3 is 0 Å². The van der Waals surface area contributed by atoms with E-state index in [-0.39, 0.29) is 30.6 Å². The first-order chi connectivity index (χ1) is 14.3. The van der Waals surface area contributed by atoms with Crippen LogP contribution >= 0.6 is 0 Å². The number of nitrogens with one attached hydrogen (secondary N) is 2. The number of rotatable bonds is 7. The van der Waals surface area contributed by atoms with E-state index in [0.29, 0.717) is 23.5 Å². The first-order valence-corrected chi connectivity index (χ1v) is 9.81. The smallest absolute Gasteiger partial charge is 0.243 e. The van der Waals surface area contributed by atoms with Crippen molar-refractivity contribution < 1.29 is 18.4 Å². The predicted octanol–water partition coefficient (Wildman–Crippen LogP) is 4.70. The monoisotopic (exact) mass is 408 g/mol. The Hall–Kier alpha value is -3.41. The third kappa shape index (κ3) is 5.35. The SMILES string of the molecule is Cc1cc(C)c(NC(=O)CNC(=O)CCc2ccc(-c3ccccc3F)o2)c(C)c1. The van der Waals surface area contributed by atoms with Crippen LogP contribution in [0.5, 0.6) is 0 Å². The molecule has 5 nitrogen and oxygen atoms in total. The molecule has 6 heteroatoms. The fourth-order valence-corrected chi connectivity index (χ4v) is 3.38. The second-order valence-electron chi connectivity index (χ2n) is 7.34. The van der Waals surface area contributed by atoms with Crippen LogP contribution < -0.4 is 10.6 Å². The molecule has 0 aliphatic heterocycles. The van der Waals surface area contributed by atoms with Crippen LogP contribution in [-0.2, 0) is 16.0 Å². The average Bonchev–Trinajstić information content (AvgIpc) is 3.16. The Bertz CT molecular complexity index is 1050. The highest BCUT2D eigenvalue weighted by molar-refractivity contribution is 5.95. The molecule has 0 unspecified atom stereocenters. The number of aryl methyl sites for hydroxylation is 4. The molecule has 3 rings (SSSR count). The fraction of sp³-hybridized carbons (Fsp3) is 0.250. The zero-order valence-corrected chi connectivity index (χ0v) is 17.3. The summed E-state index contributed by atoms with van der Waals surface area (Å²) >= 11 is 0. The van der Waals surface area contributed by atoms with Crippen molar-refractivity contribution in [1.82, 2.24) is 5.32 Å². The van der Waals surface area contributed by atoms with Gasteiger partial charge in [-0.25, -0.2) is 4.39 Å². The van der Waals surface area contributed by atoms with Gasteiger partial charge in [0.2, 0.25) is 11.8 Å². The van der Waals surface area contributed by atoms with Crippen molar-refractivity contribution in [3.8, 4) is 11.3 Å². The van der Waals surface area contributed by atoms with Crippen LogP contribution in [-0.4, -0.2) is 18.4 Å². The molecule has 0 spiro atoms. The normalized spacial score (nSPS) is 10.7. The van der Waals surface area contributed by atoms with Crippen LogP contribution in [0.1, 0.15) is 28.9 Å². The summed E-state index contributed by atoms with van der Waals surface area (Å²) in [5.74, 6) is 0.108. The van der Waals surface area contributed by atoms with Gasteiger partial charge in [-0.15, -0.1) is 0 Å². The Balaban J connectivity index is 1.48. The van der Waals surface area contributed by atoms with Gasteiger partial charge in [-0.1, -0.05) is 29.8 Å². The van der Waals surface area contributed by atoms with Crippen LogP contribution in [0.2, 0.25) is 0 Å². The van der Waals surface area contributed by atoms with Crippen molar-refractivity contribution >= 4 is 17.5 Å². The van der Waals surface area contributed by atoms with E-state index in [4.69, 9.17) is 4.42 Å². The van der Waals surface area contributed by atoms with Crippen molar-refractivity contribution in [3.05, 3.63) is 76.8 Å². The molecule has 2 aromatic carbocycles. The summed E-state index contributed by atoms with van der Waals surface area (Å²) in [6.45, 7) is 5.77. The van der Waals surface area contributed by atoms with Crippen LogP contribution in [0.3, 0.4) is 0 Å². The molecule has 0 saturated heterocycles. The molecule has 30 heavy (non-hydrogen) atoms.